The molecular formula is C15H16BrN3O5S. The lowest BCUT2D eigenvalue weighted by atomic mass is 10.2. The second-order valence-corrected chi connectivity index (χ2v) is 6.43. The maximum absolute atomic E-state index is 11.3. The molecule has 10 heteroatoms. The summed E-state index contributed by atoms with van der Waals surface area (Å²) < 4.78 is 16.2. The van der Waals surface area contributed by atoms with Gasteiger partial charge in [0.25, 0.3) is 0 Å². The Morgan fingerprint density at radius 3 is 2.88 bits per heavy atom. The van der Waals surface area contributed by atoms with Crippen LogP contribution in [-0.2, 0) is 14.3 Å². The van der Waals surface area contributed by atoms with Crippen LogP contribution in [0.25, 0.3) is 0 Å². The minimum Gasteiger partial charge on any atom is -0.490 e. The first kappa shape index (κ1) is 19.3. The van der Waals surface area contributed by atoms with Crippen LogP contribution in [0.4, 0.5) is 0 Å². The van der Waals surface area contributed by atoms with Gasteiger partial charge in [-0.15, -0.1) is 5.10 Å². The topological polar surface area (TPSA) is 98.6 Å². The van der Waals surface area contributed by atoms with E-state index in [-0.39, 0.29) is 12.5 Å². The first-order chi connectivity index (χ1) is 12.0. The average molecular weight is 430 g/mol. The second kappa shape index (κ2) is 9.42. The van der Waals surface area contributed by atoms with Crippen molar-refractivity contribution in [2.45, 2.75) is 6.92 Å². The van der Waals surface area contributed by atoms with Gasteiger partial charge >= 0.3 is 5.97 Å². The number of amidine groups is 1. The van der Waals surface area contributed by atoms with Crippen LogP contribution in [0.3, 0.4) is 0 Å². The summed E-state index contributed by atoms with van der Waals surface area (Å²) in [7, 11) is 1.29. The van der Waals surface area contributed by atoms with E-state index in [0.29, 0.717) is 39.1 Å². The molecule has 2 rings (SSSR count). The zero-order valence-electron chi connectivity index (χ0n) is 13.6. The Balaban J connectivity index is 2.16. The van der Waals surface area contributed by atoms with E-state index in [9.17, 15) is 9.59 Å². The standard InChI is InChI=1S/C15H16BrN3O5S/c1-3-23-11-5-9(6-17-19-15-18-12(20)8-25-15)4-10(16)14(11)24-7-13(21)22-2/h4-6H,3,7-8H2,1-2H3,(H,18,19,20). The van der Waals surface area contributed by atoms with Gasteiger partial charge in [0, 0.05) is 0 Å². The third-order valence-corrected chi connectivity index (χ3v) is 4.29. The summed E-state index contributed by atoms with van der Waals surface area (Å²) in [5, 5.41) is 10.9. The monoisotopic (exact) mass is 429 g/mol. The van der Waals surface area contributed by atoms with Gasteiger partial charge in [-0.25, -0.2) is 4.79 Å². The van der Waals surface area contributed by atoms with Gasteiger partial charge in [0.15, 0.2) is 23.3 Å². The molecule has 0 aromatic heterocycles. The second-order valence-electron chi connectivity index (χ2n) is 4.61. The fourth-order valence-corrected chi connectivity index (χ4v) is 2.99. The minimum atomic E-state index is -0.494. The van der Waals surface area contributed by atoms with Crippen LogP contribution in [0.15, 0.2) is 26.8 Å². The largest absolute Gasteiger partial charge is 0.490 e. The highest BCUT2D eigenvalue weighted by Crippen LogP contribution is 2.36. The number of amides is 1. The number of hydrogen-bond acceptors (Lipinski definition) is 8. The number of methoxy groups -OCH3 is 1. The molecule has 1 aromatic carbocycles. The van der Waals surface area contributed by atoms with Crippen LogP contribution in [0.5, 0.6) is 11.5 Å². The molecule has 0 aliphatic carbocycles. The number of hydrogen-bond donors (Lipinski definition) is 1. The molecule has 1 saturated heterocycles. The van der Waals surface area contributed by atoms with E-state index in [1.807, 2.05) is 6.92 Å². The molecule has 0 radical (unpaired) electrons. The van der Waals surface area contributed by atoms with Crippen LogP contribution in [0, 0.1) is 0 Å². The molecule has 1 fully saturated rings. The Hall–Kier alpha value is -2.07. The Bertz CT molecular complexity index is 723. The maximum atomic E-state index is 11.3. The van der Waals surface area contributed by atoms with E-state index < -0.39 is 5.97 Å². The Labute approximate surface area is 157 Å². The predicted octanol–water partition coefficient (Wildman–Crippen LogP) is 1.95. The van der Waals surface area contributed by atoms with Crippen molar-refractivity contribution in [1.29, 1.82) is 0 Å². The van der Waals surface area contributed by atoms with Crippen LogP contribution in [-0.4, -0.2) is 49.3 Å². The van der Waals surface area contributed by atoms with Crippen molar-refractivity contribution in [2.24, 2.45) is 10.2 Å². The van der Waals surface area contributed by atoms with Crippen LogP contribution in [0.2, 0.25) is 0 Å². The van der Waals surface area contributed by atoms with Gasteiger partial charge in [-0.05, 0) is 40.5 Å². The SMILES string of the molecule is CCOc1cc(C=NN=C2NC(=O)CS2)cc(Br)c1OCC(=O)OC. The summed E-state index contributed by atoms with van der Waals surface area (Å²) in [6.07, 6.45) is 1.52. The molecule has 0 atom stereocenters. The lowest BCUT2D eigenvalue weighted by Gasteiger charge is -2.13. The van der Waals surface area contributed by atoms with Crippen molar-refractivity contribution in [1.82, 2.24) is 5.32 Å². The average Bonchev–Trinajstić information content (AvgIpc) is 2.99. The molecule has 0 bridgehead atoms. The maximum Gasteiger partial charge on any atom is 0.343 e. The third kappa shape index (κ3) is 5.75. The lowest BCUT2D eigenvalue weighted by molar-refractivity contribution is -0.143. The van der Waals surface area contributed by atoms with Crippen molar-refractivity contribution in [3.63, 3.8) is 0 Å². The molecule has 0 spiro atoms. The van der Waals surface area contributed by atoms with Gasteiger partial charge < -0.3 is 19.5 Å². The molecule has 8 nitrogen and oxygen atoms in total. The number of halogens is 1. The summed E-state index contributed by atoms with van der Waals surface area (Å²) in [5.74, 6) is 0.618. The van der Waals surface area contributed by atoms with Crippen LogP contribution < -0.4 is 14.8 Å². The van der Waals surface area contributed by atoms with E-state index in [0.717, 1.165) is 0 Å². The first-order valence-corrected chi connectivity index (χ1v) is 9.01. The molecule has 0 unspecified atom stereocenters. The van der Waals surface area contributed by atoms with Crippen molar-refractivity contribution in [3.05, 3.63) is 22.2 Å². The number of nitrogens with one attached hydrogen (secondary N) is 1. The lowest BCUT2D eigenvalue weighted by Crippen LogP contribution is -2.19. The van der Waals surface area contributed by atoms with E-state index in [1.165, 1.54) is 25.1 Å². The van der Waals surface area contributed by atoms with Gasteiger partial charge in [-0.3, -0.25) is 4.79 Å². The summed E-state index contributed by atoms with van der Waals surface area (Å²) in [5.41, 5.74) is 0.708. The highest BCUT2D eigenvalue weighted by molar-refractivity contribution is 9.10. The molecule has 134 valence electrons. The van der Waals surface area contributed by atoms with Crippen LogP contribution >= 0.6 is 27.7 Å². The molecule has 0 saturated carbocycles. The van der Waals surface area contributed by atoms with Gasteiger partial charge in [-0.1, -0.05) is 11.8 Å². The van der Waals surface area contributed by atoms with Crippen molar-refractivity contribution >= 4 is 51.0 Å². The van der Waals surface area contributed by atoms with E-state index >= 15 is 0 Å². The summed E-state index contributed by atoms with van der Waals surface area (Å²) >= 11 is 4.68. The number of carbonyl (C=O) groups is 2. The number of ether oxygens (including phenoxy) is 3. The van der Waals surface area contributed by atoms with Gasteiger partial charge in [0.05, 0.1) is 30.2 Å². The molecule has 1 aromatic rings. The highest BCUT2D eigenvalue weighted by atomic mass is 79.9. The smallest absolute Gasteiger partial charge is 0.343 e. The third-order valence-electron chi connectivity index (χ3n) is 2.84. The molecule has 1 heterocycles. The number of rotatable bonds is 7. The first-order valence-electron chi connectivity index (χ1n) is 7.23. The molecule has 1 aliphatic heterocycles. The summed E-state index contributed by atoms with van der Waals surface area (Å²) in [6, 6.07) is 3.46. The summed E-state index contributed by atoms with van der Waals surface area (Å²) in [4.78, 5) is 22.3. The zero-order valence-corrected chi connectivity index (χ0v) is 16.0. The Morgan fingerprint density at radius 2 is 2.24 bits per heavy atom. The van der Waals surface area contributed by atoms with E-state index in [1.54, 1.807) is 12.1 Å². The summed E-state index contributed by atoms with van der Waals surface area (Å²) in [6.45, 7) is 2.03. The Kier molecular flexibility index (Phi) is 7.26. The van der Waals surface area contributed by atoms with Gasteiger partial charge in [-0.2, -0.15) is 5.10 Å². The van der Waals surface area contributed by atoms with Gasteiger partial charge in [0.1, 0.15) is 0 Å². The number of esters is 1. The van der Waals surface area contributed by atoms with Crippen molar-refractivity contribution < 1.29 is 23.8 Å². The normalized spacial score (nSPS) is 15.5. The number of benzene rings is 1. The molecule has 1 amide bonds. The molecule has 25 heavy (non-hydrogen) atoms. The minimum absolute atomic E-state index is 0.0903. The molecule has 1 N–H and O–H groups in total. The quantitative estimate of drug-likeness (QED) is 0.404. The van der Waals surface area contributed by atoms with E-state index in [4.69, 9.17) is 9.47 Å². The fraction of sp³-hybridized carbons (Fsp3) is 0.333. The zero-order chi connectivity index (χ0) is 18.2. The van der Waals surface area contributed by atoms with Crippen molar-refractivity contribution in [2.75, 3.05) is 26.1 Å². The van der Waals surface area contributed by atoms with Gasteiger partial charge in [0.2, 0.25) is 5.91 Å². The van der Waals surface area contributed by atoms with E-state index in [2.05, 4.69) is 36.2 Å². The molecular weight excluding hydrogens is 414 g/mol. The number of thioether (sulfide) groups is 1. The predicted molar refractivity (Wildman–Crippen MR) is 98.5 cm³/mol. The highest BCUT2D eigenvalue weighted by Gasteiger charge is 2.16. The molecule has 1 aliphatic rings. The van der Waals surface area contributed by atoms with Crippen molar-refractivity contribution in [3.8, 4) is 11.5 Å². The number of nitrogens with zero attached hydrogens (tertiary/aromatic N) is 2. The van der Waals surface area contributed by atoms with Crippen LogP contribution in [0.1, 0.15) is 12.5 Å². The fourth-order valence-electron chi connectivity index (χ4n) is 1.78. The number of carbonyl (C=O) groups excluding carboxylic acids is 2. The Morgan fingerprint density at radius 1 is 1.44 bits per heavy atom.